The molecule has 0 unspecified atom stereocenters. The SMILES string of the molecule is Cn1nc(NS(C)(=O)=O)c2c(Cl)ccc(-c3cc(N)c(C#CC(C)(C)O)nc3[C@H](Cc3cc(F)cc(F)c3)NC(=O)Cn3nc(C(F)(F)F)c4c3C(F)(F)[C@@H]3C[C@H]43)c21. The third kappa shape index (κ3) is 7.77. The Labute approximate surface area is 330 Å². The van der Waals surface area contributed by atoms with E-state index in [1.807, 2.05) is 0 Å². The summed E-state index contributed by atoms with van der Waals surface area (Å²) >= 11 is 6.56. The van der Waals surface area contributed by atoms with Gasteiger partial charge in [0.05, 0.1) is 39.6 Å². The topological polar surface area (TPSA) is 170 Å². The molecule has 306 valence electrons. The molecule has 3 heterocycles. The highest BCUT2D eigenvalue weighted by Crippen LogP contribution is 2.68. The van der Waals surface area contributed by atoms with E-state index in [2.05, 4.69) is 37.1 Å². The van der Waals surface area contributed by atoms with Crippen molar-refractivity contribution in [3.05, 3.63) is 87.0 Å². The molecule has 1 amide bonds. The third-order valence-corrected chi connectivity index (χ3v) is 10.5. The monoisotopic (exact) mass is 852 g/mol. The third-order valence-electron chi connectivity index (χ3n) is 9.60. The Hall–Kier alpha value is -5.39. The van der Waals surface area contributed by atoms with Crippen molar-refractivity contribution in [3.8, 4) is 23.0 Å². The molecule has 0 radical (unpaired) electrons. The number of nitrogens with zero attached hydrogens (tertiary/aromatic N) is 5. The van der Waals surface area contributed by atoms with E-state index in [4.69, 9.17) is 17.3 Å². The molecule has 7 rings (SSSR count). The van der Waals surface area contributed by atoms with Crippen LogP contribution < -0.4 is 15.8 Å². The lowest BCUT2D eigenvalue weighted by Crippen LogP contribution is -2.35. The smallest absolute Gasteiger partial charge is 0.396 e. The number of hydrogen-bond acceptors (Lipinski definition) is 8. The molecule has 5 N–H and O–H groups in total. The number of halogens is 8. The van der Waals surface area contributed by atoms with Crippen LogP contribution in [0.15, 0.2) is 36.4 Å². The van der Waals surface area contributed by atoms with E-state index in [0.717, 1.165) is 18.4 Å². The van der Waals surface area contributed by atoms with Crippen LogP contribution in [-0.2, 0) is 46.9 Å². The van der Waals surface area contributed by atoms with Crippen LogP contribution in [-0.4, -0.2) is 55.8 Å². The summed E-state index contributed by atoms with van der Waals surface area (Å²) in [5.74, 6) is -4.18. The van der Waals surface area contributed by atoms with Crippen LogP contribution in [0.4, 0.5) is 42.2 Å². The predicted molar refractivity (Wildman–Crippen MR) is 198 cm³/mol. The van der Waals surface area contributed by atoms with Crippen molar-refractivity contribution in [2.24, 2.45) is 13.0 Å². The zero-order valence-electron chi connectivity index (χ0n) is 30.7. The summed E-state index contributed by atoms with van der Waals surface area (Å²) in [6.07, 6.45) is -4.82. The highest BCUT2D eigenvalue weighted by atomic mass is 35.5. The van der Waals surface area contributed by atoms with Crippen LogP contribution >= 0.6 is 11.6 Å². The van der Waals surface area contributed by atoms with Gasteiger partial charge >= 0.3 is 6.18 Å². The van der Waals surface area contributed by atoms with Crippen molar-refractivity contribution in [2.45, 2.75) is 62.9 Å². The standard InChI is InChI=1S/C37H32ClF7N8O4S/c1-35(2,55)8-7-25-24(46)14-20(19-5-6-23(38)29-31(19)52(3)50-34(29)51-58(4,56)57)30(48-25)26(11-16-9-17(39)12-18(40)10-16)47-27(54)15-53-33-28(32(49-53)37(43,44)45)21-13-22(21)36(33,41)42/h5-6,9-10,12,14,21-22,26,55H,11,13,15,46H2,1-4H3,(H,47,54)(H,50,51)/t21-,22+,26-/m0/s1. The maximum Gasteiger partial charge on any atom is 0.435 e. The number of benzene rings is 2. The Kier molecular flexibility index (Phi) is 9.76. The number of nitrogen functional groups attached to an aromatic ring is 1. The molecule has 2 aliphatic carbocycles. The van der Waals surface area contributed by atoms with Gasteiger partial charge in [0.1, 0.15) is 35.2 Å². The van der Waals surface area contributed by atoms with E-state index in [1.54, 1.807) is 0 Å². The number of fused-ring (bicyclic) bond motifs is 4. The molecule has 3 aromatic heterocycles. The Balaban J connectivity index is 1.41. The fraction of sp³-hybridized carbons (Fsp3) is 0.351. The molecule has 58 heavy (non-hydrogen) atoms. The highest BCUT2D eigenvalue weighted by molar-refractivity contribution is 7.92. The Morgan fingerprint density at radius 1 is 1.12 bits per heavy atom. The van der Waals surface area contributed by atoms with Gasteiger partial charge in [0, 0.05) is 35.7 Å². The molecule has 0 aliphatic heterocycles. The molecule has 2 aromatic carbocycles. The molecule has 1 saturated carbocycles. The summed E-state index contributed by atoms with van der Waals surface area (Å²) in [5, 5.41) is 20.8. The molecule has 21 heteroatoms. The van der Waals surface area contributed by atoms with E-state index in [-0.39, 0.29) is 61.9 Å². The van der Waals surface area contributed by atoms with Crippen LogP contribution in [0.1, 0.15) is 66.1 Å². The minimum atomic E-state index is -5.10. The molecule has 1 fully saturated rings. The lowest BCUT2D eigenvalue weighted by atomic mass is 9.93. The summed E-state index contributed by atoms with van der Waals surface area (Å²) in [6, 6.07) is 5.35. The normalized spacial score (nSPS) is 17.7. The predicted octanol–water partition coefficient (Wildman–Crippen LogP) is 6.17. The van der Waals surface area contributed by atoms with E-state index >= 15 is 8.78 Å². The van der Waals surface area contributed by atoms with Gasteiger partial charge in [-0.05, 0) is 68.4 Å². The van der Waals surface area contributed by atoms with Crippen LogP contribution in [0.3, 0.4) is 0 Å². The summed E-state index contributed by atoms with van der Waals surface area (Å²) in [4.78, 5) is 18.6. The summed E-state index contributed by atoms with van der Waals surface area (Å²) in [5.41, 5.74) is 1.89. The number of anilines is 2. The van der Waals surface area contributed by atoms with Crippen molar-refractivity contribution >= 4 is 49.9 Å². The van der Waals surface area contributed by atoms with E-state index in [9.17, 15) is 40.3 Å². The number of aromatic nitrogens is 5. The second-order valence-corrected chi connectivity index (χ2v) is 16.9. The zero-order valence-corrected chi connectivity index (χ0v) is 32.3. The number of aliphatic hydroxyl groups is 1. The number of sulfonamides is 1. The highest BCUT2D eigenvalue weighted by Gasteiger charge is 2.68. The number of nitrogens with two attached hydrogens (primary N) is 1. The second-order valence-electron chi connectivity index (χ2n) is 14.8. The van der Waals surface area contributed by atoms with Crippen molar-refractivity contribution in [1.29, 1.82) is 0 Å². The first kappa shape index (κ1) is 40.8. The number of pyridine rings is 1. The number of carbonyl (C=O) groups excluding carboxylic acids is 1. The van der Waals surface area contributed by atoms with Crippen LogP contribution in [0.25, 0.3) is 22.0 Å². The van der Waals surface area contributed by atoms with Gasteiger partial charge in [-0.3, -0.25) is 18.9 Å². The first-order chi connectivity index (χ1) is 26.8. The van der Waals surface area contributed by atoms with Gasteiger partial charge in [-0.15, -0.1) is 0 Å². The number of rotatable bonds is 9. The molecule has 0 saturated heterocycles. The van der Waals surface area contributed by atoms with Gasteiger partial charge in [0.25, 0.3) is 5.92 Å². The Bertz CT molecular complexity index is 2700. The number of hydrogen-bond donors (Lipinski definition) is 4. The van der Waals surface area contributed by atoms with Gasteiger partial charge in [-0.1, -0.05) is 23.6 Å². The molecule has 12 nitrogen and oxygen atoms in total. The molecule has 3 atom stereocenters. The van der Waals surface area contributed by atoms with E-state index in [0.29, 0.717) is 10.7 Å². The molecular weight excluding hydrogens is 821 g/mol. The number of nitrogens with one attached hydrogen (secondary N) is 2. The van der Waals surface area contributed by atoms with Crippen LogP contribution in [0.5, 0.6) is 0 Å². The van der Waals surface area contributed by atoms with Crippen molar-refractivity contribution in [3.63, 3.8) is 0 Å². The molecule has 2 aliphatic rings. The van der Waals surface area contributed by atoms with Crippen molar-refractivity contribution < 1.29 is 49.1 Å². The summed E-state index contributed by atoms with van der Waals surface area (Å²) in [7, 11) is -2.41. The van der Waals surface area contributed by atoms with Crippen molar-refractivity contribution in [2.75, 3.05) is 16.7 Å². The molecule has 0 bridgehead atoms. The van der Waals surface area contributed by atoms with Gasteiger partial charge in [-0.2, -0.15) is 32.1 Å². The number of alkyl halides is 5. The average Bonchev–Trinajstić information content (AvgIpc) is 3.61. The van der Waals surface area contributed by atoms with Crippen molar-refractivity contribution in [1.82, 2.24) is 29.9 Å². The molecule has 0 spiro atoms. The number of amides is 1. The molecular formula is C37H32ClF7N8O4S. The first-order valence-corrected chi connectivity index (χ1v) is 19.6. The fourth-order valence-electron chi connectivity index (χ4n) is 7.33. The lowest BCUT2D eigenvalue weighted by Gasteiger charge is -2.24. The first-order valence-electron chi connectivity index (χ1n) is 17.3. The number of carbonyl (C=O) groups is 1. The van der Waals surface area contributed by atoms with E-state index < -0.39 is 93.1 Å². The average molecular weight is 853 g/mol. The maximum absolute atomic E-state index is 15.4. The van der Waals surface area contributed by atoms with Gasteiger partial charge < -0.3 is 16.2 Å². The minimum absolute atomic E-state index is 0.0381. The fourth-order valence-corrected chi connectivity index (χ4v) is 8.06. The van der Waals surface area contributed by atoms with Gasteiger partial charge in [-0.25, -0.2) is 22.2 Å². The lowest BCUT2D eigenvalue weighted by molar-refractivity contribution is -0.142. The summed E-state index contributed by atoms with van der Waals surface area (Å²) in [6.45, 7) is 1.64. The molecule has 5 aromatic rings. The minimum Gasteiger partial charge on any atom is -0.396 e. The summed E-state index contributed by atoms with van der Waals surface area (Å²) < 4.78 is 131. The quantitative estimate of drug-likeness (QED) is 0.101. The van der Waals surface area contributed by atoms with Crippen LogP contribution in [0.2, 0.25) is 5.02 Å². The van der Waals surface area contributed by atoms with E-state index in [1.165, 1.54) is 43.8 Å². The zero-order chi connectivity index (χ0) is 42.4. The van der Waals surface area contributed by atoms with Gasteiger partial charge in [0.15, 0.2) is 11.5 Å². The Morgan fingerprint density at radius 3 is 2.41 bits per heavy atom. The second kappa shape index (κ2) is 13.9. The number of aryl methyl sites for hydroxylation is 1. The van der Waals surface area contributed by atoms with Gasteiger partial charge in [0.2, 0.25) is 15.9 Å². The maximum atomic E-state index is 15.4. The largest absolute Gasteiger partial charge is 0.435 e. The Morgan fingerprint density at radius 2 is 1.79 bits per heavy atom. The van der Waals surface area contributed by atoms with Crippen LogP contribution in [0, 0.1) is 29.4 Å².